The molecule has 2 atom stereocenters. The lowest BCUT2D eigenvalue weighted by Crippen LogP contribution is -2.42. The Morgan fingerprint density at radius 3 is 2.13 bits per heavy atom. The van der Waals surface area contributed by atoms with Crippen molar-refractivity contribution in [3.05, 3.63) is 0 Å². The third kappa shape index (κ3) is 5.17. The standard InChI is InChI=1S/C12H26N2O/c1-6-11(7-2)10(4)14-12(15)9(3)8-13-5/h9-11,13H,6-8H2,1-5H3,(H,14,15). The zero-order chi connectivity index (χ0) is 11.8. The van der Waals surface area contributed by atoms with E-state index in [2.05, 4.69) is 31.4 Å². The van der Waals surface area contributed by atoms with E-state index in [1.165, 1.54) is 0 Å². The first-order valence-corrected chi connectivity index (χ1v) is 6.01. The Hall–Kier alpha value is -0.570. The van der Waals surface area contributed by atoms with Gasteiger partial charge in [0.15, 0.2) is 0 Å². The molecule has 0 saturated carbocycles. The molecule has 0 aliphatic heterocycles. The van der Waals surface area contributed by atoms with Crippen LogP contribution in [0, 0.1) is 11.8 Å². The van der Waals surface area contributed by atoms with Crippen LogP contribution in [-0.2, 0) is 4.79 Å². The van der Waals surface area contributed by atoms with E-state index in [9.17, 15) is 4.79 Å². The minimum atomic E-state index is 0.0480. The fourth-order valence-corrected chi connectivity index (χ4v) is 1.88. The van der Waals surface area contributed by atoms with Gasteiger partial charge >= 0.3 is 0 Å². The average Bonchev–Trinajstić information content (AvgIpc) is 2.19. The van der Waals surface area contributed by atoms with Gasteiger partial charge in [-0.2, -0.15) is 0 Å². The maximum absolute atomic E-state index is 11.7. The van der Waals surface area contributed by atoms with E-state index >= 15 is 0 Å². The van der Waals surface area contributed by atoms with Gasteiger partial charge in [-0.1, -0.05) is 33.6 Å². The molecule has 0 radical (unpaired) electrons. The highest BCUT2D eigenvalue weighted by atomic mass is 16.1. The third-order valence-electron chi connectivity index (χ3n) is 3.08. The van der Waals surface area contributed by atoms with Crippen LogP contribution in [0.15, 0.2) is 0 Å². The van der Waals surface area contributed by atoms with Crippen LogP contribution >= 0.6 is 0 Å². The van der Waals surface area contributed by atoms with E-state index in [1.54, 1.807) is 0 Å². The topological polar surface area (TPSA) is 41.1 Å². The minimum absolute atomic E-state index is 0.0480. The normalized spacial score (nSPS) is 15.1. The fraction of sp³-hybridized carbons (Fsp3) is 0.917. The van der Waals surface area contributed by atoms with Gasteiger partial charge in [-0.3, -0.25) is 4.79 Å². The first kappa shape index (κ1) is 14.4. The van der Waals surface area contributed by atoms with E-state index < -0.39 is 0 Å². The van der Waals surface area contributed by atoms with Gasteiger partial charge in [-0.05, 0) is 19.9 Å². The molecule has 0 saturated heterocycles. The summed E-state index contributed by atoms with van der Waals surface area (Å²) in [6.45, 7) is 9.14. The Balaban J connectivity index is 4.04. The number of rotatable bonds is 7. The Morgan fingerprint density at radius 2 is 1.73 bits per heavy atom. The monoisotopic (exact) mass is 214 g/mol. The summed E-state index contributed by atoms with van der Waals surface area (Å²) in [4.78, 5) is 11.7. The molecule has 1 amide bonds. The molecule has 0 aromatic rings. The number of amides is 1. The molecule has 0 aromatic heterocycles. The zero-order valence-electron chi connectivity index (χ0n) is 10.8. The van der Waals surface area contributed by atoms with Crippen LogP contribution in [0.5, 0.6) is 0 Å². The van der Waals surface area contributed by atoms with Crippen molar-refractivity contribution in [2.45, 2.75) is 46.6 Å². The van der Waals surface area contributed by atoms with Crippen LogP contribution in [0.2, 0.25) is 0 Å². The van der Waals surface area contributed by atoms with Gasteiger partial charge in [-0.15, -0.1) is 0 Å². The van der Waals surface area contributed by atoms with Crippen molar-refractivity contribution in [2.24, 2.45) is 11.8 Å². The lowest BCUT2D eigenvalue weighted by atomic mass is 9.95. The van der Waals surface area contributed by atoms with Crippen molar-refractivity contribution < 1.29 is 4.79 Å². The van der Waals surface area contributed by atoms with Crippen LogP contribution in [0.1, 0.15) is 40.5 Å². The molecule has 0 bridgehead atoms. The summed E-state index contributed by atoms with van der Waals surface area (Å²) >= 11 is 0. The second kappa shape index (κ2) is 7.69. The Kier molecular flexibility index (Phi) is 7.39. The van der Waals surface area contributed by atoms with Crippen molar-refractivity contribution in [2.75, 3.05) is 13.6 Å². The number of hydrogen-bond donors (Lipinski definition) is 2. The van der Waals surface area contributed by atoms with Crippen molar-refractivity contribution in [3.63, 3.8) is 0 Å². The van der Waals surface area contributed by atoms with E-state index in [0.29, 0.717) is 5.92 Å². The van der Waals surface area contributed by atoms with Crippen LogP contribution in [0.3, 0.4) is 0 Å². The fourth-order valence-electron chi connectivity index (χ4n) is 1.88. The summed E-state index contributed by atoms with van der Waals surface area (Å²) in [6, 6.07) is 0.284. The van der Waals surface area contributed by atoms with Gasteiger partial charge in [0.2, 0.25) is 5.91 Å². The smallest absolute Gasteiger partial charge is 0.224 e. The van der Waals surface area contributed by atoms with Crippen LogP contribution in [0.4, 0.5) is 0 Å². The lowest BCUT2D eigenvalue weighted by molar-refractivity contribution is -0.125. The molecule has 0 aromatic carbocycles. The Bertz CT molecular complexity index is 178. The molecule has 15 heavy (non-hydrogen) atoms. The Labute approximate surface area is 94.0 Å². The SMILES string of the molecule is CCC(CC)C(C)NC(=O)C(C)CNC. The van der Waals surface area contributed by atoms with E-state index in [1.807, 2.05) is 14.0 Å². The van der Waals surface area contributed by atoms with Crippen molar-refractivity contribution >= 4 is 5.91 Å². The molecule has 0 aliphatic carbocycles. The number of hydrogen-bond acceptors (Lipinski definition) is 2. The van der Waals surface area contributed by atoms with Gasteiger partial charge in [-0.25, -0.2) is 0 Å². The molecule has 0 rings (SSSR count). The minimum Gasteiger partial charge on any atom is -0.353 e. The van der Waals surface area contributed by atoms with Crippen LogP contribution in [0.25, 0.3) is 0 Å². The van der Waals surface area contributed by atoms with Crippen molar-refractivity contribution in [3.8, 4) is 0 Å². The van der Waals surface area contributed by atoms with Crippen LogP contribution < -0.4 is 10.6 Å². The van der Waals surface area contributed by atoms with E-state index in [0.717, 1.165) is 19.4 Å². The molecule has 90 valence electrons. The number of nitrogens with one attached hydrogen (secondary N) is 2. The summed E-state index contributed by atoms with van der Waals surface area (Å²) < 4.78 is 0. The molecule has 3 heteroatoms. The van der Waals surface area contributed by atoms with E-state index in [4.69, 9.17) is 0 Å². The molecule has 0 fully saturated rings. The number of carbonyl (C=O) groups excluding carboxylic acids is 1. The van der Waals surface area contributed by atoms with Gasteiger partial charge in [0.05, 0.1) is 0 Å². The summed E-state index contributed by atoms with van der Waals surface area (Å²) in [5.74, 6) is 0.797. The van der Waals surface area contributed by atoms with Crippen molar-refractivity contribution in [1.82, 2.24) is 10.6 Å². The van der Waals surface area contributed by atoms with E-state index in [-0.39, 0.29) is 17.9 Å². The second-order valence-electron chi connectivity index (χ2n) is 4.33. The van der Waals surface area contributed by atoms with Crippen molar-refractivity contribution in [1.29, 1.82) is 0 Å². The molecular weight excluding hydrogens is 188 g/mol. The highest BCUT2D eigenvalue weighted by molar-refractivity contribution is 5.78. The summed E-state index contributed by atoms with van der Waals surface area (Å²) in [5, 5.41) is 6.11. The molecule has 0 aliphatic rings. The van der Waals surface area contributed by atoms with Gasteiger partial charge in [0.25, 0.3) is 0 Å². The van der Waals surface area contributed by atoms with Crippen LogP contribution in [-0.4, -0.2) is 25.5 Å². The molecular formula is C12H26N2O. The first-order valence-electron chi connectivity index (χ1n) is 6.01. The Morgan fingerprint density at radius 1 is 1.20 bits per heavy atom. The van der Waals surface area contributed by atoms with Gasteiger partial charge in [0.1, 0.15) is 0 Å². The zero-order valence-corrected chi connectivity index (χ0v) is 10.8. The molecule has 0 heterocycles. The summed E-state index contributed by atoms with van der Waals surface area (Å²) in [5.41, 5.74) is 0. The molecule has 0 spiro atoms. The predicted molar refractivity (Wildman–Crippen MR) is 64.8 cm³/mol. The maximum atomic E-state index is 11.7. The lowest BCUT2D eigenvalue weighted by Gasteiger charge is -2.24. The summed E-state index contributed by atoms with van der Waals surface area (Å²) in [6.07, 6.45) is 2.25. The molecule has 2 N–H and O–H groups in total. The second-order valence-corrected chi connectivity index (χ2v) is 4.33. The summed E-state index contributed by atoms with van der Waals surface area (Å²) in [7, 11) is 1.87. The first-order chi connectivity index (χ1) is 7.06. The number of carbonyl (C=O) groups is 1. The predicted octanol–water partition coefficient (Wildman–Crippen LogP) is 1.78. The largest absolute Gasteiger partial charge is 0.353 e. The quantitative estimate of drug-likeness (QED) is 0.678. The molecule has 3 nitrogen and oxygen atoms in total. The molecule has 2 unspecified atom stereocenters. The third-order valence-corrected chi connectivity index (χ3v) is 3.08. The van der Waals surface area contributed by atoms with Gasteiger partial charge < -0.3 is 10.6 Å². The highest BCUT2D eigenvalue weighted by Gasteiger charge is 2.18. The van der Waals surface area contributed by atoms with Gasteiger partial charge in [0, 0.05) is 18.5 Å². The highest BCUT2D eigenvalue weighted by Crippen LogP contribution is 2.12. The average molecular weight is 214 g/mol. The maximum Gasteiger partial charge on any atom is 0.224 e.